The molecule has 2 aromatic heterocycles. The van der Waals surface area contributed by atoms with Crippen molar-refractivity contribution in [2.45, 2.75) is 17.6 Å². The van der Waals surface area contributed by atoms with Crippen LogP contribution in [0.1, 0.15) is 12.8 Å². The fourth-order valence-corrected chi connectivity index (χ4v) is 6.31. The molecule has 0 N–H and O–H groups in total. The lowest BCUT2D eigenvalue weighted by Crippen LogP contribution is -2.48. The fraction of sp³-hybridized carbons (Fsp3) is 0.300. The summed E-state index contributed by atoms with van der Waals surface area (Å²) in [6, 6.07) is 10.5. The summed E-state index contributed by atoms with van der Waals surface area (Å²) in [7, 11) is 0. The van der Waals surface area contributed by atoms with Gasteiger partial charge in [-0.3, -0.25) is 4.98 Å². The Morgan fingerprint density at radius 1 is 1.11 bits per heavy atom. The molecule has 0 bridgehead atoms. The highest BCUT2D eigenvalue weighted by Gasteiger charge is 2.57. The highest BCUT2D eigenvalue weighted by atomic mass is 35.5. The van der Waals surface area contributed by atoms with Crippen LogP contribution in [0.4, 0.5) is 5.69 Å². The van der Waals surface area contributed by atoms with Crippen molar-refractivity contribution >= 4 is 39.8 Å². The molecule has 0 radical (unpaired) electrons. The van der Waals surface area contributed by atoms with Gasteiger partial charge in [0.05, 0.1) is 23.0 Å². The van der Waals surface area contributed by atoms with Crippen LogP contribution in [0.3, 0.4) is 0 Å². The van der Waals surface area contributed by atoms with Gasteiger partial charge in [0.15, 0.2) is 0 Å². The van der Waals surface area contributed by atoms with E-state index in [9.17, 15) is 4.55 Å². The number of hydrogen-bond donors (Lipinski definition) is 0. The second kappa shape index (κ2) is 6.78. The number of halogens is 1. The molecule has 1 unspecified atom stereocenters. The van der Waals surface area contributed by atoms with Crippen LogP contribution in [0.5, 0.6) is 0 Å². The predicted molar refractivity (Wildman–Crippen MR) is 113 cm³/mol. The van der Waals surface area contributed by atoms with Gasteiger partial charge in [0.25, 0.3) is 0 Å². The first-order valence-electron chi connectivity index (χ1n) is 8.94. The first kappa shape index (κ1) is 17.5. The zero-order valence-electron chi connectivity index (χ0n) is 14.6. The smallest absolute Gasteiger partial charge is 0.143 e. The zero-order chi connectivity index (χ0) is 18.4. The molecule has 1 saturated heterocycles. The second-order valence-electron chi connectivity index (χ2n) is 7.12. The summed E-state index contributed by atoms with van der Waals surface area (Å²) < 4.78 is 12.3. The van der Waals surface area contributed by atoms with Gasteiger partial charge in [-0.05, 0) is 34.9 Å². The lowest BCUT2D eigenvalue weighted by Gasteiger charge is -2.36. The van der Waals surface area contributed by atoms with E-state index >= 15 is 0 Å². The van der Waals surface area contributed by atoms with Crippen molar-refractivity contribution in [1.82, 2.24) is 9.97 Å². The Bertz CT molecular complexity index is 971. The Kier molecular flexibility index (Phi) is 4.39. The first-order chi connectivity index (χ1) is 13.1. The third-order valence-electron chi connectivity index (χ3n) is 5.29. The summed E-state index contributed by atoms with van der Waals surface area (Å²) in [5.41, 5.74) is 3.30. The highest BCUT2D eigenvalue weighted by Crippen LogP contribution is 2.47. The maximum Gasteiger partial charge on any atom is 0.143 e. The molecule has 138 valence electrons. The fourth-order valence-electron chi connectivity index (χ4n) is 3.56. The molecule has 4 nitrogen and oxygen atoms in total. The summed E-state index contributed by atoms with van der Waals surface area (Å²) in [5.74, 6) is 0.785. The Morgan fingerprint density at radius 2 is 1.93 bits per heavy atom. The molecule has 1 spiro atoms. The molecule has 3 heterocycles. The summed E-state index contributed by atoms with van der Waals surface area (Å²) in [6.07, 6.45) is 7.53. The van der Waals surface area contributed by atoms with Crippen molar-refractivity contribution in [1.29, 1.82) is 0 Å². The molecule has 1 aliphatic carbocycles. The molecular weight excluding hydrogens is 398 g/mol. The van der Waals surface area contributed by atoms with E-state index in [2.05, 4.69) is 39.1 Å². The normalized spacial score (nSPS) is 20.8. The molecule has 1 saturated carbocycles. The van der Waals surface area contributed by atoms with Gasteiger partial charge in [-0.2, -0.15) is 0 Å². The van der Waals surface area contributed by atoms with E-state index in [1.54, 1.807) is 23.7 Å². The average Bonchev–Trinajstić information content (AvgIpc) is 3.28. The minimum absolute atomic E-state index is 0.0779. The monoisotopic (exact) mass is 415 g/mol. The number of thiazole rings is 1. The molecule has 5 rings (SSSR count). The second-order valence-corrected chi connectivity index (χ2v) is 10.6. The minimum atomic E-state index is -0.648. The van der Waals surface area contributed by atoms with Crippen LogP contribution in [0, 0.1) is 0 Å². The van der Waals surface area contributed by atoms with Gasteiger partial charge in [-0.25, -0.2) is 4.98 Å². The van der Waals surface area contributed by atoms with Gasteiger partial charge in [0, 0.05) is 42.7 Å². The van der Waals surface area contributed by atoms with Crippen LogP contribution < -0.4 is 4.90 Å². The Hall–Kier alpha value is -1.60. The standard InChI is InChI=1S/C20H18ClN3OS2/c21-16-9-15(10-22-11-16)19-23-12-18(26-19)14-1-3-17(4-2-14)24-7-8-27(25)20(13-24)5-6-20/h1-4,9-12H,5-8,13H2. The van der Waals surface area contributed by atoms with Gasteiger partial charge in [-0.15, -0.1) is 11.3 Å². The third kappa shape index (κ3) is 3.36. The quantitative estimate of drug-likeness (QED) is 0.585. The van der Waals surface area contributed by atoms with Crippen molar-refractivity contribution < 1.29 is 4.55 Å². The number of nitrogens with zero attached hydrogens (tertiary/aromatic N) is 3. The van der Waals surface area contributed by atoms with Crippen LogP contribution in [0.25, 0.3) is 21.0 Å². The van der Waals surface area contributed by atoms with Crippen molar-refractivity contribution in [3.05, 3.63) is 53.9 Å². The number of rotatable bonds is 3. The Labute approximate surface area is 170 Å². The Balaban J connectivity index is 1.35. The third-order valence-corrected chi connectivity index (χ3v) is 8.65. The highest BCUT2D eigenvalue weighted by molar-refractivity contribution is 7.93. The van der Waals surface area contributed by atoms with E-state index in [-0.39, 0.29) is 4.75 Å². The van der Waals surface area contributed by atoms with Crippen molar-refractivity contribution in [2.75, 3.05) is 23.7 Å². The van der Waals surface area contributed by atoms with Crippen molar-refractivity contribution in [3.8, 4) is 21.0 Å². The molecule has 2 fully saturated rings. The number of hydrogen-bond acceptors (Lipinski definition) is 5. The summed E-state index contributed by atoms with van der Waals surface area (Å²) >= 11 is 7.02. The molecule has 1 aliphatic heterocycles. The topological polar surface area (TPSA) is 52.1 Å². The van der Waals surface area contributed by atoms with Crippen LogP contribution in [-0.2, 0) is 11.2 Å². The van der Waals surface area contributed by atoms with Gasteiger partial charge in [0.2, 0.25) is 0 Å². The number of benzene rings is 1. The van der Waals surface area contributed by atoms with E-state index < -0.39 is 11.2 Å². The van der Waals surface area contributed by atoms with Gasteiger partial charge >= 0.3 is 0 Å². The molecule has 1 atom stereocenters. The summed E-state index contributed by atoms with van der Waals surface area (Å²) in [5, 5.41) is 1.53. The molecule has 7 heteroatoms. The molecule has 3 aromatic rings. The predicted octanol–water partition coefficient (Wildman–Crippen LogP) is 4.63. The van der Waals surface area contributed by atoms with Gasteiger partial charge in [0.1, 0.15) is 15.5 Å². The van der Waals surface area contributed by atoms with Crippen LogP contribution >= 0.6 is 22.9 Å². The number of pyridine rings is 1. The molecule has 1 aromatic carbocycles. The molecule has 27 heavy (non-hydrogen) atoms. The SMILES string of the molecule is [O-][S+]1CCN(c2ccc(-c3cnc(-c4cncc(Cl)c4)s3)cc2)CC12CC2. The lowest BCUT2D eigenvalue weighted by molar-refractivity contribution is 0.559. The first-order valence-corrected chi connectivity index (χ1v) is 11.4. The van der Waals surface area contributed by atoms with Crippen molar-refractivity contribution in [2.24, 2.45) is 0 Å². The van der Waals surface area contributed by atoms with Crippen LogP contribution in [0.15, 0.2) is 48.9 Å². The summed E-state index contributed by atoms with van der Waals surface area (Å²) in [6.45, 7) is 1.80. The van der Waals surface area contributed by atoms with Crippen LogP contribution in [-0.4, -0.2) is 38.1 Å². The van der Waals surface area contributed by atoms with E-state index in [0.29, 0.717) is 5.02 Å². The van der Waals surface area contributed by atoms with E-state index in [4.69, 9.17) is 11.6 Å². The molecule has 0 amide bonds. The van der Waals surface area contributed by atoms with E-state index in [0.717, 1.165) is 52.7 Å². The number of aromatic nitrogens is 2. The minimum Gasteiger partial charge on any atom is -0.616 e. The molecule has 2 aliphatic rings. The molecular formula is C20H18ClN3OS2. The maximum atomic E-state index is 12.2. The van der Waals surface area contributed by atoms with Gasteiger partial charge < -0.3 is 9.45 Å². The Morgan fingerprint density at radius 3 is 2.67 bits per heavy atom. The van der Waals surface area contributed by atoms with Crippen LogP contribution in [0.2, 0.25) is 5.02 Å². The van der Waals surface area contributed by atoms with E-state index in [1.165, 1.54) is 5.69 Å². The summed E-state index contributed by atoms with van der Waals surface area (Å²) in [4.78, 5) is 12.2. The maximum absolute atomic E-state index is 12.2. The average molecular weight is 416 g/mol. The number of anilines is 1. The largest absolute Gasteiger partial charge is 0.616 e. The van der Waals surface area contributed by atoms with E-state index in [1.807, 2.05) is 12.3 Å². The lowest BCUT2D eigenvalue weighted by atomic mass is 10.1. The van der Waals surface area contributed by atoms with Crippen molar-refractivity contribution in [3.63, 3.8) is 0 Å². The van der Waals surface area contributed by atoms with Gasteiger partial charge in [-0.1, -0.05) is 23.7 Å². The zero-order valence-corrected chi connectivity index (χ0v) is 17.0.